The first-order valence-electron chi connectivity index (χ1n) is 7.19. The number of amides is 2. The number of ether oxygens (including phenoxy) is 2. The zero-order chi connectivity index (χ0) is 16.8. The molecule has 0 aromatic rings. The Morgan fingerprint density at radius 2 is 1.77 bits per heavy atom. The van der Waals surface area contributed by atoms with Gasteiger partial charge in [-0.3, -0.25) is 9.59 Å². The maximum absolute atomic E-state index is 11.7. The zero-order valence-corrected chi connectivity index (χ0v) is 13.9. The second kappa shape index (κ2) is 13.0. The normalized spacial score (nSPS) is 9.73. The third kappa shape index (κ3) is 13.3. The topological polar surface area (TPSA) is 93.7 Å². The fourth-order valence-electron chi connectivity index (χ4n) is 1.58. The van der Waals surface area contributed by atoms with E-state index in [0.29, 0.717) is 19.5 Å². The summed E-state index contributed by atoms with van der Waals surface area (Å²) in [5, 5.41) is 5.40. The molecule has 126 valence electrons. The number of carbonyl (C=O) groups is 3. The summed E-state index contributed by atoms with van der Waals surface area (Å²) in [5.74, 6) is -0.0993. The summed E-state index contributed by atoms with van der Waals surface area (Å²) in [6.45, 7) is 2.59. The lowest BCUT2D eigenvalue weighted by Gasteiger charge is -2.07. The van der Waals surface area contributed by atoms with Crippen LogP contribution in [0.4, 0.5) is 4.79 Å². The van der Waals surface area contributed by atoms with Gasteiger partial charge in [-0.1, -0.05) is 6.42 Å². The highest BCUT2D eigenvalue weighted by Crippen LogP contribution is 2.03. The van der Waals surface area contributed by atoms with E-state index in [1.165, 1.54) is 14.0 Å². The van der Waals surface area contributed by atoms with Crippen LogP contribution >= 0.6 is 12.2 Å². The molecule has 0 saturated heterocycles. The Bertz CT molecular complexity index is 387. The Kier molecular flexibility index (Phi) is 12.0. The first kappa shape index (κ1) is 20.3. The molecule has 8 heteroatoms. The van der Waals surface area contributed by atoms with Gasteiger partial charge >= 0.3 is 6.09 Å². The standard InChI is InChI=1S/C14H24N2O5S/c1-11(17)15-8-9-21-13(22)10-12(18)6-4-3-5-7-16-14(19)20-2/h3-10H2,1-2H3,(H,15,17)(H,16,19). The van der Waals surface area contributed by atoms with Crippen molar-refractivity contribution in [1.82, 2.24) is 10.6 Å². The number of Topliss-reactive ketones (excluding diaryl/α,β-unsaturated/α-hetero) is 1. The quantitative estimate of drug-likeness (QED) is 0.438. The lowest BCUT2D eigenvalue weighted by atomic mass is 10.1. The summed E-state index contributed by atoms with van der Waals surface area (Å²) in [4.78, 5) is 33.1. The second-order valence-electron chi connectivity index (χ2n) is 4.65. The number of hydrogen-bond acceptors (Lipinski definition) is 6. The maximum Gasteiger partial charge on any atom is 0.406 e. The van der Waals surface area contributed by atoms with Crippen molar-refractivity contribution in [3.8, 4) is 0 Å². The predicted molar refractivity (Wildman–Crippen MR) is 85.7 cm³/mol. The van der Waals surface area contributed by atoms with Gasteiger partial charge in [0.15, 0.2) is 5.05 Å². The molecule has 0 aliphatic heterocycles. The summed E-state index contributed by atoms with van der Waals surface area (Å²) in [6.07, 6.45) is 2.49. The summed E-state index contributed by atoms with van der Waals surface area (Å²) < 4.78 is 9.62. The first-order valence-corrected chi connectivity index (χ1v) is 7.60. The third-order valence-electron chi connectivity index (χ3n) is 2.67. The molecule has 0 heterocycles. The summed E-state index contributed by atoms with van der Waals surface area (Å²) in [6, 6.07) is 0. The molecule has 0 bridgehead atoms. The fraction of sp³-hybridized carbons (Fsp3) is 0.714. The van der Waals surface area contributed by atoms with Crippen molar-refractivity contribution in [2.24, 2.45) is 0 Å². The molecule has 0 aromatic carbocycles. The van der Waals surface area contributed by atoms with Crippen LogP contribution in [-0.2, 0) is 19.1 Å². The zero-order valence-electron chi connectivity index (χ0n) is 13.1. The van der Waals surface area contributed by atoms with Gasteiger partial charge in [-0.25, -0.2) is 4.79 Å². The highest BCUT2D eigenvalue weighted by atomic mass is 32.1. The number of ketones is 1. The number of alkyl carbamates (subject to hydrolysis) is 1. The second-order valence-corrected chi connectivity index (χ2v) is 5.10. The molecule has 0 fully saturated rings. The van der Waals surface area contributed by atoms with E-state index in [1.54, 1.807) is 0 Å². The monoisotopic (exact) mass is 332 g/mol. The molecule has 0 aromatic heterocycles. The van der Waals surface area contributed by atoms with Crippen LogP contribution in [0.15, 0.2) is 0 Å². The number of methoxy groups -OCH3 is 1. The SMILES string of the molecule is COC(=O)NCCCCCC(=O)CC(=S)OCCNC(C)=O. The van der Waals surface area contributed by atoms with Gasteiger partial charge in [0.1, 0.15) is 12.4 Å². The van der Waals surface area contributed by atoms with Gasteiger partial charge in [0.25, 0.3) is 0 Å². The molecule has 0 spiro atoms. The number of nitrogens with one attached hydrogen (secondary N) is 2. The molecule has 22 heavy (non-hydrogen) atoms. The molecule has 2 amide bonds. The molecule has 0 aliphatic rings. The molecule has 2 N–H and O–H groups in total. The van der Waals surface area contributed by atoms with Crippen molar-refractivity contribution in [3.05, 3.63) is 0 Å². The van der Waals surface area contributed by atoms with Gasteiger partial charge < -0.3 is 20.1 Å². The minimum Gasteiger partial charge on any atom is -0.485 e. The number of thiocarbonyl (C=S) groups is 1. The van der Waals surface area contributed by atoms with Crippen molar-refractivity contribution in [3.63, 3.8) is 0 Å². The summed E-state index contributed by atoms with van der Waals surface area (Å²) in [7, 11) is 1.31. The first-order chi connectivity index (χ1) is 10.5. The van der Waals surface area contributed by atoms with Gasteiger partial charge in [-0.15, -0.1) is 0 Å². The van der Waals surface area contributed by atoms with Gasteiger partial charge in [-0.05, 0) is 25.1 Å². The molecule has 0 rings (SSSR count). The molecule has 0 unspecified atom stereocenters. The van der Waals surface area contributed by atoms with E-state index in [1.807, 2.05) is 0 Å². The molecule has 7 nitrogen and oxygen atoms in total. The van der Waals surface area contributed by atoms with Crippen molar-refractivity contribution in [1.29, 1.82) is 0 Å². The van der Waals surface area contributed by atoms with Crippen LogP contribution in [-0.4, -0.2) is 49.6 Å². The minimum atomic E-state index is -0.446. The Balaban J connectivity index is 3.50. The van der Waals surface area contributed by atoms with Crippen LogP contribution in [0.5, 0.6) is 0 Å². The van der Waals surface area contributed by atoms with Crippen LogP contribution in [0, 0.1) is 0 Å². The van der Waals surface area contributed by atoms with Crippen LogP contribution in [0.2, 0.25) is 0 Å². The van der Waals surface area contributed by atoms with Crippen molar-refractivity contribution < 1.29 is 23.9 Å². The average molecular weight is 332 g/mol. The fourth-order valence-corrected chi connectivity index (χ4v) is 1.82. The van der Waals surface area contributed by atoms with E-state index in [-0.39, 0.29) is 29.8 Å². The van der Waals surface area contributed by atoms with Crippen molar-refractivity contribution in [2.75, 3.05) is 26.8 Å². The number of hydrogen-bond donors (Lipinski definition) is 2. The van der Waals surface area contributed by atoms with Crippen molar-refractivity contribution >= 4 is 35.1 Å². The average Bonchev–Trinajstić information content (AvgIpc) is 2.46. The van der Waals surface area contributed by atoms with Crippen LogP contribution in [0.25, 0.3) is 0 Å². The molecular formula is C14H24N2O5S. The van der Waals surface area contributed by atoms with Gasteiger partial charge in [-0.2, -0.15) is 0 Å². The van der Waals surface area contributed by atoms with E-state index in [0.717, 1.165) is 19.3 Å². The number of rotatable bonds is 11. The smallest absolute Gasteiger partial charge is 0.406 e. The lowest BCUT2D eigenvalue weighted by Crippen LogP contribution is -2.25. The molecule has 0 aliphatic carbocycles. The Hall–Kier alpha value is -1.70. The van der Waals surface area contributed by atoms with E-state index in [9.17, 15) is 14.4 Å². The Morgan fingerprint density at radius 1 is 1.05 bits per heavy atom. The van der Waals surface area contributed by atoms with Crippen LogP contribution in [0.1, 0.15) is 39.0 Å². The van der Waals surface area contributed by atoms with Crippen LogP contribution < -0.4 is 10.6 Å². The highest BCUT2D eigenvalue weighted by molar-refractivity contribution is 7.80. The predicted octanol–water partition coefficient (Wildman–Crippen LogP) is 1.34. The maximum atomic E-state index is 11.7. The van der Waals surface area contributed by atoms with E-state index < -0.39 is 6.09 Å². The van der Waals surface area contributed by atoms with Gasteiger partial charge in [0.2, 0.25) is 5.91 Å². The summed E-state index contributed by atoms with van der Waals surface area (Å²) in [5.41, 5.74) is 0. The van der Waals surface area contributed by atoms with Crippen molar-refractivity contribution in [2.45, 2.75) is 39.0 Å². The van der Waals surface area contributed by atoms with E-state index in [2.05, 4.69) is 15.4 Å². The highest BCUT2D eigenvalue weighted by Gasteiger charge is 2.07. The number of carbonyl (C=O) groups excluding carboxylic acids is 3. The molecule has 0 atom stereocenters. The lowest BCUT2D eigenvalue weighted by molar-refractivity contribution is -0.119. The minimum absolute atomic E-state index is 0.0328. The third-order valence-corrected chi connectivity index (χ3v) is 2.93. The van der Waals surface area contributed by atoms with E-state index in [4.69, 9.17) is 17.0 Å². The Labute approximate surface area is 136 Å². The Morgan fingerprint density at radius 3 is 2.41 bits per heavy atom. The molecular weight excluding hydrogens is 308 g/mol. The van der Waals surface area contributed by atoms with E-state index >= 15 is 0 Å². The van der Waals surface area contributed by atoms with Crippen LogP contribution in [0.3, 0.4) is 0 Å². The number of unbranched alkanes of at least 4 members (excludes halogenated alkanes) is 2. The largest absolute Gasteiger partial charge is 0.485 e. The molecule has 0 radical (unpaired) electrons. The summed E-state index contributed by atoms with van der Waals surface area (Å²) >= 11 is 4.95. The van der Waals surface area contributed by atoms with Gasteiger partial charge in [0.05, 0.1) is 20.1 Å². The van der Waals surface area contributed by atoms with Gasteiger partial charge in [0, 0.05) is 19.9 Å². The molecule has 0 saturated carbocycles.